The Balaban J connectivity index is 1.78. The molecule has 0 saturated heterocycles. The van der Waals surface area contributed by atoms with E-state index in [0.717, 1.165) is 25.7 Å². The summed E-state index contributed by atoms with van der Waals surface area (Å²) in [6.07, 6.45) is 3.96. The Morgan fingerprint density at radius 1 is 1.30 bits per heavy atom. The molecule has 20 heavy (non-hydrogen) atoms. The number of hydrogen-bond donors (Lipinski definition) is 2. The fourth-order valence-electron chi connectivity index (χ4n) is 2.38. The van der Waals surface area contributed by atoms with Gasteiger partial charge in [-0.25, -0.2) is 0 Å². The third-order valence-corrected chi connectivity index (χ3v) is 3.55. The van der Waals surface area contributed by atoms with Crippen molar-refractivity contribution in [2.75, 3.05) is 19.0 Å². The molecule has 0 aliphatic heterocycles. The molecule has 0 radical (unpaired) electrons. The molecule has 0 heterocycles. The van der Waals surface area contributed by atoms with Crippen molar-refractivity contribution >= 4 is 11.6 Å². The Labute approximate surface area is 119 Å². The molecular formula is C15H22N2O3. The summed E-state index contributed by atoms with van der Waals surface area (Å²) in [4.78, 5) is 11.9. The Morgan fingerprint density at radius 3 is 2.70 bits per heavy atom. The van der Waals surface area contributed by atoms with Crippen molar-refractivity contribution in [1.82, 2.24) is 0 Å². The van der Waals surface area contributed by atoms with E-state index in [4.69, 9.17) is 15.2 Å². The fourth-order valence-corrected chi connectivity index (χ4v) is 2.38. The van der Waals surface area contributed by atoms with Gasteiger partial charge in [0.1, 0.15) is 12.4 Å². The molecule has 1 aliphatic rings. The lowest BCUT2D eigenvalue weighted by Crippen LogP contribution is -2.32. The van der Waals surface area contributed by atoms with Gasteiger partial charge in [-0.05, 0) is 37.8 Å². The summed E-state index contributed by atoms with van der Waals surface area (Å²) >= 11 is 0. The summed E-state index contributed by atoms with van der Waals surface area (Å²) < 4.78 is 10.8. The average molecular weight is 278 g/mol. The van der Waals surface area contributed by atoms with Crippen molar-refractivity contribution < 1.29 is 14.3 Å². The lowest BCUT2D eigenvalue weighted by Gasteiger charge is -2.25. The second kappa shape index (κ2) is 7.26. The number of nitrogens with one attached hydrogen (secondary N) is 1. The second-order valence-corrected chi connectivity index (χ2v) is 5.10. The van der Waals surface area contributed by atoms with E-state index in [2.05, 4.69) is 5.32 Å². The highest BCUT2D eigenvalue weighted by Crippen LogP contribution is 2.23. The van der Waals surface area contributed by atoms with Crippen LogP contribution in [0, 0.1) is 0 Å². The highest BCUT2D eigenvalue weighted by atomic mass is 16.5. The van der Waals surface area contributed by atoms with Crippen LogP contribution in [0.2, 0.25) is 0 Å². The van der Waals surface area contributed by atoms with Crippen LogP contribution in [-0.2, 0) is 9.53 Å². The number of hydrogen-bond acceptors (Lipinski definition) is 4. The van der Waals surface area contributed by atoms with Gasteiger partial charge < -0.3 is 20.5 Å². The van der Waals surface area contributed by atoms with Gasteiger partial charge in [-0.1, -0.05) is 12.1 Å². The molecule has 0 atom stereocenters. The first-order valence-corrected chi connectivity index (χ1v) is 6.99. The predicted molar refractivity (Wildman–Crippen MR) is 77.8 cm³/mol. The van der Waals surface area contributed by atoms with Crippen molar-refractivity contribution in [3.8, 4) is 5.75 Å². The third kappa shape index (κ3) is 4.21. The van der Waals surface area contributed by atoms with Crippen LogP contribution in [0.3, 0.4) is 0 Å². The molecule has 1 aromatic carbocycles. The fraction of sp³-hybridized carbons (Fsp3) is 0.533. The molecule has 0 spiro atoms. The maximum absolute atomic E-state index is 11.9. The van der Waals surface area contributed by atoms with Crippen molar-refractivity contribution in [2.24, 2.45) is 5.73 Å². The van der Waals surface area contributed by atoms with Crippen LogP contribution >= 0.6 is 0 Å². The van der Waals surface area contributed by atoms with E-state index < -0.39 is 0 Å². The number of amides is 1. The second-order valence-electron chi connectivity index (χ2n) is 5.10. The third-order valence-electron chi connectivity index (χ3n) is 3.55. The van der Waals surface area contributed by atoms with Gasteiger partial charge in [-0.2, -0.15) is 0 Å². The molecule has 1 saturated carbocycles. The van der Waals surface area contributed by atoms with Crippen LogP contribution in [-0.4, -0.2) is 31.8 Å². The standard InChI is InChI=1S/C15H22N2O3/c1-19-14-5-3-2-4-13(14)17-15(18)10-20-12-8-6-11(16)7-9-12/h2-5,11-12H,6-10,16H2,1H3,(H,17,18). The Bertz CT molecular complexity index is 442. The lowest BCUT2D eigenvalue weighted by atomic mass is 9.94. The van der Waals surface area contributed by atoms with Gasteiger partial charge in [0.2, 0.25) is 5.91 Å². The summed E-state index contributed by atoms with van der Waals surface area (Å²) in [5.41, 5.74) is 6.50. The van der Waals surface area contributed by atoms with Gasteiger partial charge in [0.25, 0.3) is 0 Å². The Hall–Kier alpha value is -1.59. The number of carbonyl (C=O) groups excluding carboxylic acids is 1. The monoisotopic (exact) mass is 278 g/mol. The molecule has 0 bridgehead atoms. The molecule has 1 aromatic rings. The minimum atomic E-state index is -0.163. The Kier molecular flexibility index (Phi) is 5.38. The molecule has 0 aromatic heterocycles. The van der Waals surface area contributed by atoms with Crippen LogP contribution in [0.15, 0.2) is 24.3 Å². The summed E-state index contributed by atoms with van der Waals surface area (Å²) in [7, 11) is 1.58. The smallest absolute Gasteiger partial charge is 0.250 e. The van der Waals surface area contributed by atoms with E-state index in [1.165, 1.54) is 0 Å². The highest BCUT2D eigenvalue weighted by Gasteiger charge is 2.19. The first-order chi connectivity index (χ1) is 9.69. The topological polar surface area (TPSA) is 73.6 Å². The van der Waals surface area contributed by atoms with Gasteiger partial charge in [-0.3, -0.25) is 4.79 Å². The molecule has 5 nitrogen and oxygen atoms in total. The van der Waals surface area contributed by atoms with E-state index in [-0.39, 0.29) is 24.7 Å². The first kappa shape index (κ1) is 14.8. The highest BCUT2D eigenvalue weighted by molar-refractivity contribution is 5.93. The van der Waals surface area contributed by atoms with Gasteiger partial charge >= 0.3 is 0 Å². The Morgan fingerprint density at radius 2 is 2.00 bits per heavy atom. The zero-order chi connectivity index (χ0) is 14.4. The minimum absolute atomic E-state index is 0.0674. The van der Waals surface area contributed by atoms with Gasteiger partial charge in [0.05, 0.1) is 18.9 Å². The van der Waals surface area contributed by atoms with Crippen molar-refractivity contribution in [3.63, 3.8) is 0 Å². The quantitative estimate of drug-likeness (QED) is 0.863. The number of carbonyl (C=O) groups is 1. The van der Waals surface area contributed by atoms with E-state index >= 15 is 0 Å². The number of rotatable bonds is 5. The lowest BCUT2D eigenvalue weighted by molar-refractivity contribution is -0.123. The molecular weight excluding hydrogens is 256 g/mol. The molecule has 1 aliphatic carbocycles. The molecule has 0 unspecified atom stereocenters. The van der Waals surface area contributed by atoms with E-state index in [9.17, 15) is 4.79 Å². The summed E-state index contributed by atoms with van der Waals surface area (Å²) in [5, 5.41) is 2.80. The SMILES string of the molecule is COc1ccccc1NC(=O)COC1CCC(N)CC1. The summed E-state index contributed by atoms with van der Waals surface area (Å²) in [6, 6.07) is 7.60. The maximum atomic E-state index is 11.9. The first-order valence-electron chi connectivity index (χ1n) is 6.99. The van der Waals surface area contributed by atoms with Gasteiger partial charge in [0, 0.05) is 6.04 Å². The number of anilines is 1. The summed E-state index contributed by atoms with van der Waals surface area (Å²) in [5.74, 6) is 0.480. The summed E-state index contributed by atoms with van der Waals surface area (Å²) in [6.45, 7) is 0.0674. The number of ether oxygens (including phenoxy) is 2. The van der Waals surface area contributed by atoms with Crippen LogP contribution in [0.1, 0.15) is 25.7 Å². The predicted octanol–water partition coefficient (Wildman–Crippen LogP) is 1.92. The van der Waals surface area contributed by atoms with E-state index in [0.29, 0.717) is 11.4 Å². The number of para-hydroxylation sites is 2. The van der Waals surface area contributed by atoms with Crippen molar-refractivity contribution in [1.29, 1.82) is 0 Å². The van der Waals surface area contributed by atoms with Gasteiger partial charge in [-0.15, -0.1) is 0 Å². The van der Waals surface area contributed by atoms with E-state index in [1.54, 1.807) is 19.2 Å². The zero-order valence-electron chi connectivity index (χ0n) is 11.8. The van der Waals surface area contributed by atoms with Crippen LogP contribution < -0.4 is 15.8 Å². The maximum Gasteiger partial charge on any atom is 0.250 e. The van der Waals surface area contributed by atoms with Crippen LogP contribution in [0.5, 0.6) is 5.75 Å². The average Bonchev–Trinajstić information content (AvgIpc) is 2.47. The molecule has 3 N–H and O–H groups in total. The van der Waals surface area contributed by atoms with Crippen LogP contribution in [0.25, 0.3) is 0 Å². The molecule has 1 amide bonds. The van der Waals surface area contributed by atoms with Crippen molar-refractivity contribution in [3.05, 3.63) is 24.3 Å². The number of methoxy groups -OCH3 is 1. The normalized spacial score (nSPS) is 22.3. The van der Waals surface area contributed by atoms with Gasteiger partial charge in [0.15, 0.2) is 0 Å². The minimum Gasteiger partial charge on any atom is -0.495 e. The molecule has 2 rings (SSSR count). The van der Waals surface area contributed by atoms with E-state index in [1.807, 2.05) is 12.1 Å². The van der Waals surface area contributed by atoms with Crippen molar-refractivity contribution in [2.45, 2.75) is 37.8 Å². The van der Waals surface area contributed by atoms with Crippen LogP contribution in [0.4, 0.5) is 5.69 Å². The number of benzene rings is 1. The molecule has 110 valence electrons. The zero-order valence-corrected chi connectivity index (χ0v) is 11.8. The molecule has 5 heteroatoms. The largest absolute Gasteiger partial charge is 0.495 e. The molecule has 1 fully saturated rings. The number of nitrogens with two attached hydrogens (primary N) is 1.